The van der Waals surface area contributed by atoms with E-state index in [-0.39, 0.29) is 0 Å². The Morgan fingerprint density at radius 2 is 0.841 bits per heavy atom. The van der Waals surface area contributed by atoms with Crippen molar-refractivity contribution in [2.24, 2.45) is 0 Å². The molecule has 1 nitrogen and oxygen atoms in total. The second-order valence-electron chi connectivity index (χ2n) is 11.1. The van der Waals surface area contributed by atoms with Gasteiger partial charge >= 0.3 is 0 Å². The van der Waals surface area contributed by atoms with Crippen LogP contribution in [0.1, 0.15) is 0 Å². The molecular weight excluding hydrogens is 645 g/mol. The van der Waals surface area contributed by atoms with Crippen molar-refractivity contribution in [3.8, 4) is 33.4 Å². The van der Waals surface area contributed by atoms with Crippen molar-refractivity contribution in [3.63, 3.8) is 0 Å². The molecule has 0 fully saturated rings. The average molecular weight is 674 g/mol. The lowest BCUT2D eigenvalue weighted by Gasteiger charge is -2.21. The monoisotopic (exact) mass is 673 g/mol. The van der Waals surface area contributed by atoms with Gasteiger partial charge in [0.1, 0.15) is 0 Å². The van der Waals surface area contributed by atoms with Gasteiger partial charge in [0.05, 0.1) is 34.2 Å². The molecule has 0 atom stereocenters. The van der Waals surface area contributed by atoms with Gasteiger partial charge in [0, 0.05) is 0 Å². The number of hydrogen-bond acceptors (Lipinski definition) is 1. The van der Waals surface area contributed by atoms with E-state index in [9.17, 15) is 0 Å². The van der Waals surface area contributed by atoms with E-state index in [0.29, 0.717) is 0 Å². The van der Waals surface area contributed by atoms with Gasteiger partial charge < -0.3 is 0 Å². The molecule has 44 heavy (non-hydrogen) atoms. The van der Waals surface area contributed by atoms with Crippen molar-refractivity contribution in [3.05, 3.63) is 170 Å². The second kappa shape index (κ2) is 11.3. The lowest BCUT2D eigenvalue weighted by Crippen LogP contribution is -2.01. The van der Waals surface area contributed by atoms with Crippen molar-refractivity contribution in [1.29, 1.82) is 0 Å². The molecule has 0 N–H and O–H groups in total. The van der Waals surface area contributed by atoms with Crippen molar-refractivity contribution < 1.29 is 0 Å². The fourth-order valence-electron chi connectivity index (χ4n) is 6.52. The highest BCUT2D eigenvalue weighted by Gasteiger charge is 2.18. The molecule has 0 aromatic heterocycles. The molecule has 0 aliphatic rings. The SMILES string of the molecule is IN(c1ccc(-c2cccc3ccccc23)cc1)c1ccc2c(-c3ccccc3)c3ccccc3c(-c3ccccc3)c2c1. The molecule has 2 heteroatoms. The molecule has 8 aromatic rings. The topological polar surface area (TPSA) is 3.24 Å². The minimum Gasteiger partial charge on any atom is -0.283 e. The first-order chi connectivity index (χ1) is 21.8. The van der Waals surface area contributed by atoms with Crippen molar-refractivity contribution in [1.82, 2.24) is 0 Å². The Labute approximate surface area is 271 Å². The van der Waals surface area contributed by atoms with Crippen LogP contribution in [0.2, 0.25) is 0 Å². The molecule has 8 rings (SSSR count). The number of fused-ring (bicyclic) bond motifs is 3. The molecule has 0 saturated carbocycles. The molecule has 0 heterocycles. The molecule has 0 radical (unpaired) electrons. The zero-order valence-electron chi connectivity index (χ0n) is 24.0. The zero-order valence-corrected chi connectivity index (χ0v) is 26.1. The van der Waals surface area contributed by atoms with E-state index in [1.807, 2.05) is 0 Å². The van der Waals surface area contributed by atoms with Crippen molar-refractivity contribution >= 4 is 66.6 Å². The van der Waals surface area contributed by atoms with Crippen LogP contribution in [0.15, 0.2) is 170 Å². The minimum atomic E-state index is 1.14. The lowest BCUT2D eigenvalue weighted by atomic mass is 9.86. The van der Waals surface area contributed by atoms with Gasteiger partial charge in [0.25, 0.3) is 0 Å². The molecule has 208 valence electrons. The van der Waals surface area contributed by atoms with Gasteiger partial charge in [-0.1, -0.05) is 146 Å². The minimum absolute atomic E-state index is 1.14. The van der Waals surface area contributed by atoms with E-state index in [0.717, 1.165) is 11.4 Å². The van der Waals surface area contributed by atoms with E-state index in [1.165, 1.54) is 65.7 Å². The van der Waals surface area contributed by atoms with Crippen LogP contribution in [0.4, 0.5) is 11.4 Å². The number of hydrogen-bond donors (Lipinski definition) is 0. The standard InChI is InChI=1S/C42H28IN/c43-44(33-24-22-30(23-25-33)36-21-11-17-29-12-7-8-18-35(29)36)34-26-27-39-40(28-34)42(32-15-5-2-6-16-32)38-20-10-9-19-37(38)41(39)31-13-3-1-4-14-31/h1-28H. The number of nitrogens with zero attached hydrogens (tertiary/aromatic N) is 1. The predicted octanol–water partition coefficient (Wildman–Crippen LogP) is 12.6. The summed E-state index contributed by atoms with van der Waals surface area (Å²) in [5, 5.41) is 7.58. The van der Waals surface area contributed by atoms with Gasteiger partial charge in [-0.15, -0.1) is 0 Å². The van der Waals surface area contributed by atoms with E-state index >= 15 is 0 Å². The predicted molar refractivity (Wildman–Crippen MR) is 198 cm³/mol. The highest BCUT2D eigenvalue weighted by molar-refractivity contribution is 14.1. The van der Waals surface area contributed by atoms with E-state index in [1.54, 1.807) is 0 Å². The molecule has 0 saturated heterocycles. The van der Waals surface area contributed by atoms with Gasteiger partial charge in [-0.05, 0) is 90.0 Å². The third kappa shape index (κ3) is 4.63. The van der Waals surface area contributed by atoms with Crippen LogP contribution in [0.3, 0.4) is 0 Å². The van der Waals surface area contributed by atoms with E-state index < -0.39 is 0 Å². The quantitative estimate of drug-likeness (QED) is 0.0999. The largest absolute Gasteiger partial charge is 0.283 e. The first kappa shape index (κ1) is 26.7. The van der Waals surface area contributed by atoms with Gasteiger partial charge in [-0.25, -0.2) is 0 Å². The molecule has 0 spiro atoms. The third-order valence-electron chi connectivity index (χ3n) is 8.55. The normalized spacial score (nSPS) is 11.3. The van der Waals surface area contributed by atoms with Crippen LogP contribution in [0.5, 0.6) is 0 Å². The number of halogens is 1. The van der Waals surface area contributed by atoms with Gasteiger partial charge in [-0.2, -0.15) is 0 Å². The van der Waals surface area contributed by atoms with Crippen LogP contribution in [-0.2, 0) is 0 Å². The first-order valence-electron chi connectivity index (χ1n) is 14.9. The highest BCUT2D eigenvalue weighted by atomic mass is 127. The highest BCUT2D eigenvalue weighted by Crippen LogP contribution is 2.45. The summed E-state index contributed by atoms with van der Waals surface area (Å²) in [6.45, 7) is 0. The Morgan fingerprint density at radius 3 is 1.50 bits per heavy atom. The smallest absolute Gasteiger partial charge is 0.0646 e. The Bertz CT molecular complexity index is 2270. The summed E-state index contributed by atoms with van der Waals surface area (Å²) in [4.78, 5) is 0. The molecule has 0 aliphatic heterocycles. The first-order valence-corrected chi connectivity index (χ1v) is 15.9. The Morgan fingerprint density at radius 1 is 0.341 bits per heavy atom. The summed E-state index contributed by atoms with van der Waals surface area (Å²) in [5.74, 6) is 0. The maximum atomic E-state index is 2.44. The maximum Gasteiger partial charge on any atom is 0.0646 e. The Kier molecular flexibility index (Phi) is 6.85. The summed E-state index contributed by atoms with van der Waals surface area (Å²) >= 11 is 2.44. The fourth-order valence-corrected chi connectivity index (χ4v) is 7.14. The average Bonchev–Trinajstić information content (AvgIpc) is 3.10. The molecule has 0 amide bonds. The third-order valence-corrected chi connectivity index (χ3v) is 9.67. The molecule has 0 aliphatic carbocycles. The van der Waals surface area contributed by atoms with E-state index in [4.69, 9.17) is 0 Å². The molecule has 8 aromatic carbocycles. The van der Waals surface area contributed by atoms with Crippen LogP contribution in [-0.4, -0.2) is 0 Å². The van der Waals surface area contributed by atoms with Crippen LogP contribution < -0.4 is 3.11 Å². The van der Waals surface area contributed by atoms with Gasteiger partial charge in [0.15, 0.2) is 0 Å². The summed E-state index contributed by atoms with van der Waals surface area (Å²) in [6, 6.07) is 61.4. The van der Waals surface area contributed by atoms with Crippen LogP contribution in [0.25, 0.3) is 65.7 Å². The molecule has 0 bridgehead atoms. The van der Waals surface area contributed by atoms with Gasteiger partial charge in [0.2, 0.25) is 0 Å². The summed E-state index contributed by atoms with van der Waals surface area (Å²) < 4.78 is 2.26. The zero-order chi connectivity index (χ0) is 29.5. The Balaban J connectivity index is 1.29. The second-order valence-corrected chi connectivity index (χ2v) is 12.1. The summed E-state index contributed by atoms with van der Waals surface area (Å²) in [7, 11) is 0. The summed E-state index contributed by atoms with van der Waals surface area (Å²) in [5.41, 5.74) is 9.77. The lowest BCUT2D eigenvalue weighted by molar-refractivity contribution is 1.48. The number of benzene rings is 8. The van der Waals surface area contributed by atoms with Crippen LogP contribution >= 0.6 is 22.9 Å². The van der Waals surface area contributed by atoms with Gasteiger partial charge in [-0.3, -0.25) is 3.11 Å². The van der Waals surface area contributed by atoms with Crippen molar-refractivity contribution in [2.45, 2.75) is 0 Å². The molecular formula is C42H28IN. The molecule has 0 unspecified atom stereocenters. The maximum absolute atomic E-state index is 2.44. The fraction of sp³-hybridized carbons (Fsp3) is 0. The van der Waals surface area contributed by atoms with Crippen molar-refractivity contribution in [2.75, 3.05) is 3.11 Å². The number of rotatable bonds is 5. The van der Waals surface area contributed by atoms with Crippen LogP contribution in [0, 0.1) is 0 Å². The Hall–Kier alpha value is -4.93. The number of anilines is 2. The van der Waals surface area contributed by atoms with E-state index in [2.05, 4.69) is 196 Å². The summed E-state index contributed by atoms with van der Waals surface area (Å²) in [6.07, 6.45) is 0.